The first-order valence-corrected chi connectivity index (χ1v) is 12.5. The fourth-order valence-corrected chi connectivity index (χ4v) is 5.34. The molecule has 4 rings (SSSR count). The molecule has 0 aromatic heterocycles. The predicted molar refractivity (Wildman–Crippen MR) is 141 cm³/mol. The first-order valence-electron chi connectivity index (χ1n) is 12.5. The Hall–Kier alpha value is -4.02. The molecule has 0 fully saturated rings. The van der Waals surface area contributed by atoms with Gasteiger partial charge < -0.3 is 19.5 Å². The van der Waals surface area contributed by atoms with E-state index in [0.29, 0.717) is 0 Å². The third-order valence-corrected chi connectivity index (χ3v) is 7.42. The van der Waals surface area contributed by atoms with Gasteiger partial charge in [0.05, 0.1) is 26.9 Å². The molecule has 0 saturated heterocycles. The van der Waals surface area contributed by atoms with Crippen LogP contribution in [0.25, 0.3) is 0 Å². The highest BCUT2D eigenvalue weighted by atomic mass is 19.4. The van der Waals surface area contributed by atoms with E-state index in [4.69, 9.17) is 14.2 Å². The van der Waals surface area contributed by atoms with Crippen molar-refractivity contribution < 1.29 is 41.8 Å². The topological polar surface area (TPSA) is 94.2 Å². The van der Waals surface area contributed by atoms with Gasteiger partial charge in [-0.05, 0) is 61.1 Å². The minimum absolute atomic E-state index is 0.0185. The molecular weight excluding hydrogens is 529 g/mol. The summed E-state index contributed by atoms with van der Waals surface area (Å²) in [4.78, 5) is 41.9. The van der Waals surface area contributed by atoms with E-state index in [0.717, 1.165) is 16.0 Å². The Morgan fingerprint density at radius 1 is 0.925 bits per heavy atom. The van der Waals surface area contributed by atoms with Crippen LogP contribution in [0.3, 0.4) is 0 Å². The van der Waals surface area contributed by atoms with E-state index >= 15 is 13.2 Å². The molecule has 40 heavy (non-hydrogen) atoms. The molecule has 0 unspecified atom stereocenters. The lowest BCUT2D eigenvalue weighted by Gasteiger charge is -2.35. The number of rotatable bonds is 6. The molecule has 1 aliphatic heterocycles. The number of carbonyl (C=O) groups excluding carboxylic acids is 3. The highest BCUT2D eigenvalue weighted by Gasteiger charge is 2.72. The number of allylic oxidation sites excluding steroid dienone is 1. The molecule has 1 aliphatic carbocycles. The second-order valence-corrected chi connectivity index (χ2v) is 10.8. The molecule has 0 bridgehead atoms. The van der Waals surface area contributed by atoms with Crippen molar-refractivity contribution in [1.82, 2.24) is 5.32 Å². The van der Waals surface area contributed by atoms with Crippen molar-refractivity contribution in [2.75, 3.05) is 26.2 Å². The smallest absolute Gasteiger partial charge is 0.425 e. The maximum absolute atomic E-state index is 15.2. The van der Waals surface area contributed by atoms with E-state index in [1.807, 2.05) is 12.2 Å². The second kappa shape index (κ2) is 9.87. The number of anilines is 1. The van der Waals surface area contributed by atoms with Crippen molar-refractivity contribution in [2.45, 2.75) is 52.3 Å². The van der Waals surface area contributed by atoms with Crippen LogP contribution in [-0.2, 0) is 9.59 Å². The van der Waals surface area contributed by atoms with Crippen LogP contribution in [0.1, 0.15) is 48.2 Å². The Morgan fingerprint density at radius 2 is 1.52 bits per heavy atom. The number of halogens is 3. The minimum Gasteiger partial charge on any atom is -0.493 e. The van der Waals surface area contributed by atoms with Gasteiger partial charge in [0.2, 0.25) is 11.3 Å². The normalized spacial score (nSPS) is 20.4. The van der Waals surface area contributed by atoms with Gasteiger partial charge in [0.1, 0.15) is 0 Å². The van der Waals surface area contributed by atoms with Crippen LogP contribution in [0.15, 0.2) is 41.6 Å². The Labute approximate surface area is 230 Å². The van der Waals surface area contributed by atoms with Crippen LogP contribution in [0.2, 0.25) is 0 Å². The number of Topliss-reactive ketones (excluding diaryl/α,β-unsaturated/α-hetero) is 1. The Morgan fingerprint density at radius 3 is 2.02 bits per heavy atom. The van der Waals surface area contributed by atoms with Crippen molar-refractivity contribution in [3.05, 3.63) is 58.3 Å². The minimum atomic E-state index is -5.35. The summed E-state index contributed by atoms with van der Waals surface area (Å²) in [5.41, 5.74) is -3.63. The van der Waals surface area contributed by atoms with Gasteiger partial charge in [-0.3, -0.25) is 19.3 Å². The van der Waals surface area contributed by atoms with Crippen LogP contribution < -0.4 is 24.4 Å². The predicted octanol–water partition coefficient (Wildman–Crippen LogP) is 5.05. The Bertz CT molecular complexity index is 1420. The lowest BCUT2D eigenvalue weighted by atomic mass is 9.72. The lowest BCUT2D eigenvalue weighted by Crippen LogP contribution is -2.66. The number of ether oxygens (including phenoxy) is 3. The zero-order valence-corrected chi connectivity index (χ0v) is 23.3. The van der Waals surface area contributed by atoms with Crippen LogP contribution in [0, 0.1) is 19.3 Å². The molecule has 2 amide bonds. The quantitative estimate of drug-likeness (QED) is 0.532. The summed E-state index contributed by atoms with van der Waals surface area (Å²) < 4.78 is 61.3. The van der Waals surface area contributed by atoms with Gasteiger partial charge in [-0.2, -0.15) is 13.2 Å². The molecule has 2 aromatic rings. The second-order valence-electron chi connectivity index (χ2n) is 10.8. The van der Waals surface area contributed by atoms with Crippen LogP contribution >= 0.6 is 0 Å². The van der Waals surface area contributed by atoms with E-state index in [1.165, 1.54) is 39.5 Å². The molecule has 2 aromatic carbocycles. The molecule has 11 heteroatoms. The third-order valence-electron chi connectivity index (χ3n) is 7.42. The molecule has 1 atom stereocenters. The SMILES string of the molecule is COc1cc(C(=O)N[C@@]2(C(F)(F)F)C(=O)N(c3ccc(C)c(C)c3)C3=C2C(=O)CC(C)(C)C3)cc(OC)c1OC. The zero-order valence-electron chi connectivity index (χ0n) is 23.3. The Balaban J connectivity index is 1.94. The number of carbonyl (C=O) groups is 3. The molecule has 0 saturated carbocycles. The number of nitrogens with one attached hydrogen (secondary N) is 1. The fourth-order valence-electron chi connectivity index (χ4n) is 5.34. The average molecular weight is 561 g/mol. The number of aryl methyl sites for hydroxylation is 2. The van der Waals surface area contributed by atoms with E-state index in [9.17, 15) is 14.4 Å². The van der Waals surface area contributed by atoms with E-state index < -0.39 is 40.3 Å². The monoisotopic (exact) mass is 560 g/mol. The maximum atomic E-state index is 15.2. The highest BCUT2D eigenvalue weighted by Crippen LogP contribution is 2.53. The van der Waals surface area contributed by atoms with Crippen LogP contribution in [0.5, 0.6) is 17.2 Å². The Kier molecular flexibility index (Phi) is 7.15. The molecule has 8 nitrogen and oxygen atoms in total. The number of amides is 2. The maximum Gasteiger partial charge on any atom is 0.425 e. The molecule has 1 N–H and O–H groups in total. The van der Waals surface area contributed by atoms with Crippen LogP contribution in [-0.4, -0.2) is 50.6 Å². The fraction of sp³-hybridized carbons (Fsp3) is 0.414. The summed E-state index contributed by atoms with van der Waals surface area (Å²) in [6, 6.07) is 7.16. The molecule has 214 valence electrons. The van der Waals surface area contributed by atoms with Crippen molar-refractivity contribution in [1.29, 1.82) is 0 Å². The van der Waals surface area contributed by atoms with Gasteiger partial charge >= 0.3 is 6.18 Å². The largest absolute Gasteiger partial charge is 0.493 e. The molecule has 0 radical (unpaired) electrons. The van der Waals surface area contributed by atoms with E-state index in [2.05, 4.69) is 0 Å². The average Bonchev–Trinajstić information content (AvgIpc) is 3.11. The summed E-state index contributed by atoms with van der Waals surface area (Å²) in [5.74, 6) is -3.40. The highest BCUT2D eigenvalue weighted by molar-refractivity contribution is 6.21. The summed E-state index contributed by atoms with van der Waals surface area (Å²) in [6.45, 7) is 7.11. The molecule has 0 spiro atoms. The van der Waals surface area contributed by atoms with Gasteiger partial charge in [0.15, 0.2) is 17.3 Å². The van der Waals surface area contributed by atoms with Crippen molar-refractivity contribution in [3.8, 4) is 17.2 Å². The summed E-state index contributed by atoms with van der Waals surface area (Å²) in [6.07, 6.45) is -5.56. The summed E-state index contributed by atoms with van der Waals surface area (Å²) >= 11 is 0. The van der Waals surface area contributed by atoms with Crippen LogP contribution in [0.4, 0.5) is 18.9 Å². The number of nitrogens with zero attached hydrogens (tertiary/aromatic N) is 1. The number of hydrogen-bond acceptors (Lipinski definition) is 6. The van der Waals surface area contributed by atoms with Crippen molar-refractivity contribution >= 4 is 23.3 Å². The van der Waals surface area contributed by atoms with Gasteiger partial charge in [-0.1, -0.05) is 19.9 Å². The van der Waals surface area contributed by atoms with Gasteiger partial charge in [0, 0.05) is 23.4 Å². The zero-order chi connectivity index (χ0) is 29.8. The van der Waals surface area contributed by atoms with Gasteiger partial charge in [-0.15, -0.1) is 0 Å². The van der Waals surface area contributed by atoms with E-state index in [1.54, 1.807) is 32.9 Å². The number of ketones is 1. The summed E-state index contributed by atoms with van der Waals surface area (Å²) in [5, 5.41) is 1.94. The number of hydrogen-bond donors (Lipinski definition) is 1. The lowest BCUT2D eigenvalue weighted by molar-refractivity contribution is -0.186. The summed E-state index contributed by atoms with van der Waals surface area (Å²) in [7, 11) is 3.91. The number of alkyl halides is 3. The molecule has 2 aliphatic rings. The van der Waals surface area contributed by atoms with Gasteiger partial charge in [-0.25, -0.2) is 0 Å². The standard InChI is InChI=1S/C29H31F3N2O6/c1-15-8-9-18(10-16(15)2)34-19-13-27(3,4)14-20(35)23(19)28(26(34)37,29(30,31)32)33-25(36)17-11-21(38-5)24(40-7)22(12-17)39-6/h8-12H,13-14H2,1-7H3,(H,33,36)/t28-/m1/s1. The number of benzene rings is 2. The first kappa shape index (κ1) is 29.0. The van der Waals surface area contributed by atoms with Crippen molar-refractivity contribution in [2.24, 2.45) is 5.41 Å². The molecular formula is C29H31F3N2O6. The molecule has 1 heterocycles. The first-order chi connectivity index (χ1) is 18.6. The van der Waals surface area contributed by atoms with Gasteiger partial charge in [0.25, 0.3) is 11.8 Å². The van der Waals surface area contributed by atoms with Crippen molar-refractivity contribution in [3.63, 3.8) is 0 Å². The van der Waals surface area contributed by atoms with E-state index in [-0.39, 0.29) is 47.0 Å². The third kappa shape index (κ3) is 4.47. The number of methoxy groups -OCH3 is 3.